The number of ether oxygens (including phenoxy) is 1. The molecule has 1 aromatic carbocycles. The van der Waals surface area contributed by atoms with Crippen LogP contribution in [0.15, 0.2) is 18.2 Å². The summed E-state index contributed by atoms with van der Waals surface area (Å²) >= 11 is 11.7. The van der Waals surface area contributed by atoms with Crippen molar-refractivity contribution in [1.29, 1.82) is 0 Å². The third-order valence-electron chi connectivity index (χ3n) is 3.50. The van der Waals surface area contributed by atoms with Gasteiger partial charge in [0.25, 0.3) is 0 Å². The molecule has 6 heteroatoms. The number of amides is 1. The summed E-state index contributed by atoms with van der Waals surface area (Å²) in [6, 6.07) is 4.99. The molecule has 0 aliphatic carbocycles. The summed E-state index contributed by atoms with van der Waals surface area (Å²) in [6.07, 6.45) is 1.83. The average molecular weight is 332 g/mol. The average Bonchev–Trinajstić information content (AvgIpc) is 2.41. The van der Waals surface area contributed by atoms with Crippen LogP contribution in [0.3, 0.4) is 0 Å². The third-order valence-corrected chi connectivity index (χ3v) is 4.24. The topological polar surface area (TPSA) is 49.8 Å². The molecule has 1 aromatic rings. The Morgan fingerprint density at radius 1 is 1.43 bits per heavy atom. The summed E-state index contributed by atoms with van der Waals surface area (Å²) in [5.41, 5.74) is -0.779. The fourth-order valence-corrected chi connectivity index (χ4v) is 2.70. The zero-order valence-electron chi connectivity index (χ0n) is 11.9. The van der Waals surface area contributed by atoms with Crippen LogP contribution in [0.2, 0.25) is 10.0 Å². The Morgan fingerprint density at radius 2 is 2.19 bits per heavy atom. The summed E-state index contributed by atoms with van der Waals surface area (Å²) in [7, 11) is 0. The number of nitrogens with zero attached hydrogens (tertiary/aromatic N) is 1. The maximum atomic E-state index is 12.1. The molecule has 0 radical (unpaired) electrons. The highest BCUT2D eigenvalue weighted by Gasteiger charge is 2.30. The lowest BCUT2D eigenvalue weighted by Crippen LogP contribution is -2.48. The van der Waals surface area contributed by atoms with Crippen molar-refractivity contribution in [3.05, 3.63) is 28.2 Å². The van der Waals surface area contributed by atoms with Crippen LogP contribution in [0.1, 0.15) is 26.2 Å². The number of likely N-dealkylation sites (tertiary alicyclic amines) is 1. The molecule has 1 aliphatic heterocycles. The first-order valence-corrected chi connectivity index (χ1v) is 7.71. The lowest BCUT2D eigenvalue weighted by atomic mass is 9.95. The molecule has 0 spiro atoms. The van der Waals surface area contributed by atoms with Gasteiger partial charge >= 0.3 is 0 Å². The molecule has 1 atom stereocenters. The summed E-state index contributed by atoms with van der Waals surface area (Å²) in [4.78, 5) is 13.8. The van der Waals surface area contributed by atoms with Crippen LogP contribution in [0.5, 0.6) is 5.75 Å². The van der Waals surface area contributed by atoms with Crippen LogP contribution in [0, 0.1) is 0 Å². The molecule has 1 heterocycles. The largest absolute Gasteiger partial charge is 0.493 e. The second kappa shape index (κ2) is 6.86. The summed E-state index contributed by atoms with van der Waals surface area (Å²) in [5, 5.41) is 10.9. The number of rotatable bonds is 4. The van der Waals surface area contributed by atoms with E-state index in [1.165, 1.54) is 0 Å². The molecule has 1 N–H and O–H groups in total. The lowest BCUT2D eigenvalue weighted by Gasteiger charge is -2.36. The Balaban J connectivity index is 1.80. The minimum atomic E-state index is -0.779. The normalized spacial score (nSPS) is 22.2. The van der Waals surface area contributed by atoms with E-state index in [1.807, 2.05) is 0 Å². The number of carbonyl (C=O) groups is 1. The van der Waals surface area contributed by atoms with Gasteiger partial charge < -0.3 is 14.7 Å². The zero-order chi connectivity index (χ0) is 15.5. The fraction of sp³-hybridized carbons (Fsp3) is 0.533. The summed E-state index contributed by atoms with van der Waals surface area (Å²) in [6.45, 7) is 3.12. The quantitative estimate of drug-likeness (QED) is 0.922. The van der Waals surface area contributed by atoms with E-state index in [0.717, 1.165) is 12.8 Å². The number of benzene rings is 1. The minimum Gasteiger partial charge on any atom is -0.493 e. The molecule has 0 aromatic heterocycles. The van der Waals surface area contributed by atoms with E-state index in [1.54, 1.807) is 30.0 Å². The van der Waals surface area contributed by atoms with Crippen molar-refractivity contribution < 1.29 is 14.6 Å². The van der Waals surface area contributed by atoms with Crippen LogP contribution in [-0.4, -0.2) is 41.2 Å². The van der Waals surface area contributed by atoms with Crippen LogP contribution in [0.4, 0.5) is 0 Å². The number of aliphatic hydroxyl groups is 1. The van der Waals surface area contributed by atoms with Crippen LogP contribution >= 0.6 is 23.2 Å². The van der Waals surface area contributed by atoms with Gasteiger partial charge in [0.15, 0.2) is 0 Å². The van der Waals surface area contributed by atoms with Gasteiger partial charge in [-0.2, -0.15) is 0 Å². The number of hydrogen-bond acceptors (Lipinski definition) is 3. The molecule has 21 heavy (non-hydrogen) atoms. The van der Waals surface area contributed by atoms with Crippen LogP contribution in [-0.2, 0) is 4.79 Å². The first kappa shape index (κ1) is 16.4. The van der Waals surface area contributed by atoms with Crippen molar-refractivity contribution in [3.63, 3.8) is 0 Å². The standard InChI is InChI=1S/C15H19Cl2NO3/c1-15(20)6-2-7-18(10-15)14(19)5-8-21-11-3-4-12(16)13(17)9-11/h3-4,9,20H,2,5-8,10H2,1H3. The predicted octanol–water partition coefficient (Wildman–Crippen LogP) is 3.14. The van der Waals surface area contributed by atoms with Crippen molar-refractivity contribution in [2.45, 2.75) is 31.8 Å². The van der Waals surface area contributed by atoms with Gasteiger partial charge in [-0.15, -0.1) is 0 Å². The third kappa shape index (κ3) is 4.77. The molecule has 1 amide bonds. The Morgan fingerprint density at radius 3 is 2.86 bits per heavy atom. The maximum absolute atomic E-state index is 12.1. The molecule has 4 nitrogen and oxygen atoms in total. The van der Waals surface area contributed by atoms with Gasteiger partial charge in [-0.05, 0) is 31.9 Å². The van der Waals surface area contributed by atoms with Crippen molar-refractivity contribution in [1.82, 2.24) is 4.90 Å². The Kier molecular flexibility index (Phi) is 5.36. The van der Waals surface area contributed by atoms with E-state index in [0.29, 0.717) is 28.9 Å². The fourth-order valence-electron chi connectivity index (χ4n) is 2.41. The zero-order valence-corrected chi connectivity index (χ0v) is 13.5. The van der Waals surface area contributed by atoms with E-state index in [-0.39, 0.29) is 18.9 Å². The molecule has 1 saturated heterocycles. The molecule has 0 saturated carbocycles. The highest BCUT2D eigenvalue weighted by atomic mass is 35.5. The molecule has 116 valence electrons. The van der Waals surface area contributed by atoms with E-state index in [2.05, 4.69) is 0 Å². The lowest BCUT2D eigenvalue weighted by molar-refractivity contribution is -0.138. The van der Waals surface area contributed by atoms with Gasteiger partial charge in [-0.3, -0.25) is 4.79 Å². The van der Waals surface area contributed by atoms with Crippen LogP contribution < -0.4 is 4.74 Å². The summed E-state index contributed by atoms with van der Waals surface area (Å²) < 4.78 is 5.50. The molecular formula is C15H19Cl2NO3. The second-order valence-corrected chi connectivity index (χ2v) is 6.40. The number of hydrogen-bond donors (Lipinski definition) is 1. The van der Waals surface area contributed by atoms with Gasteiger partial charge in [-0.1, -0.05) is 23.2 Å². The van der Waals surface area contributed by atoms with E-state index >= 15 is 0 Å². The van der Waals surface area contributed by atoms with Gasteiger partial charge in [-0.25, -0.2) is 0 Å². The maximum Gasteiger partial charge on any atom is 0.226 e. The van der Waals surface area contributed by atoms with E-state index in [9.17, 15) is 9.90 Å². The Hall–Kier alpha value is -0.970. The molecule has 1 fully saturated rings. The number of β-amino-alcohol motifs (C(OH)–C–C–N with tert-alkyl or cyclic N) is 1. The molecule has 0 bridgehead atoms. The van der Waals surface area contributed by atoms with Crippen molar-refractivity contribution >= 4 is 29.1 Å². The Bertz CT molecular complexity index is 520. The SMILES string of the molecule is CC1(O)CCCN(C(=O)CCOc2ccc(Cl)c(Cl)c2)C1. The van der Waals surface area contributed by atoms with Crippen molar-refractivity contribution in [3.8, 4) is 5.75 Å². The number of carbonyl (C=O) groups excluding carboxylic acids is 1. The molecule has 1 unspecified atom stereocenters. The van der Waals surface area contributed by atoms with Crippen molar-refractivity contribution in [2.24, 2.45) is 0 Å². The molecular weight excluding hydrogens is 313 g/mol. The highest BCUT2D eigenvalue weighted by molar-refractivity contribution is 6.42. The van der Waals surface area contributed by atoms with Gasteiger partial charge in [0.1, 0.15) is 5.75 Å². The van der Waals surface area contributed by atoms with Gasteiger partial charge in [0.2, 0.25) is 5.91 Å². The van der Waals surface area contributed by atoms with E-state index in [4.69, 9.17) is 27.9 Å². The molecule has 2 rings (SSSR count). The number of piperidine rings is 1. The van der Waals surface area contributed by atoms with Gasteiger partial charge in [0.05, 0.1) is 28.7 Å². The minimum absolute atomic E-state index is 0.00460. The number of halogens is 2. The monoisotopic (exact) mass is 331 g/mol. The Labute approximate surface area is 134 Å². The molecule has 1 aliphatic rings. The summed E-state index contributed by atoms with van der Waals surface area (Å²) in [5.74, 6) is 0.581. The van der Waals surface area contributed by atoms with Crippen LogP contribution in [0.25, 0.3) is 0 Å². The van der Waals surface area contributed by atoms with Crippen molar-refractivity contribution in [2.75, 3.05) is 19.7 Å². The predicted molar refractivity (Wildman–Crippen MR) is 83.0 cm³/mol. The smallest absolute Gasteiger partial charge is 0.226 e. The van der Waals surface area contributed by atoms with E-state index < -0.39 is 5.60 Å². The first-order valence-electron chi connectivity index (χ1n) is 6.95. The van der Waals surface area contributed by atoms with Gasteiger partial charge in [0, 0.05) is 19.2 Å². The highest BCUT2D eigenvalue weighted by Crippen LogP contribution is 2.26. The second-order valence-electron chi connectivity index (χ2n) is 5.59. The first-order chi connectivity index (χ1) is 9.87.